The normalized spacial score (nSPS) is 26.9. The van der Waals surface area contributed by atoms with Crippen molar-refractivity contribution in [3.8, 4) is 0 Å². The van der Waals surface area contributed by atoms with Crippen LogP contribution in [0.1, 0.15) is 68.7 Å². The number of rotatable bonds is 14. The molecule has 1 spiro atoms. The fourth-order valence-corrected chi connectivity index (χ4v) is 8.69. The lowest BCUT2D eigenvalue weighted by Gasteiger charge is -2.48. The van der Waals surface area contributed by atoms with Crippen LogP contribution < -0.4 is 10.6 Å². The Hall–Kier alpha value is -4.88. The lowest BCUT2D eigenvalue weighted by atomic mass is 9.62. The highest BCUT2D eigenvalue weighted by atomic mass is 19.4. The zero-order valence-corrected chi connectivity index (χ0v) is 33.3. The molecule has 3 N–H and O–H groups in total. The molecule has 5 aliphatic rings. The maximum atomic E-state index is 14.6. The number of carbonyl (C=O) groups is 5. The van der Waals surface area contributed by atoms with Crippen molar-refractivity contribution in [2.45, 2.75) is 120 Å². The Bertz CT molecular complexity index is 1980. The van der Waals surface area contributed by atoms with Crippen molar-refractivity contribution < 1.29 is 70.8 Å². The van der Waals surface area contributed by atoms with Crippen LogP contribution in [0.25, 0.3) is 6.08 Å². The number of hydrogen-bond donors (Lipinski definition) is 3. The largest absolute Gasteiger partial charge is 0.460 e. The third-order valence-corrected chi connectivity index (χ3v) is 11.2. The minimum absolute atomic E-state index is 0.00331. The van der Waals surface area contributed by atoms with Crippen LogP contribution in [0.2, 0.25) is 0 Å². The van der Waals surface area contributed by atoms with Gasteiger partial charge in [-0.05, 0) is 55.5 Å². The van der Waals surface area contributed by atoms with E-state index in [0.717, 1.165) is 17.2 Å². The van der Waals surface area contributed by atoms with E-state index < -0.39 is 102 Å². The number of benzene rings is 2. The number of nitrogens with zero attached hydrogens (tertiary/aromatic N) is 1. The van der Waals surface area contributed by atoms with Gasteiger partial charge >= 0.3 is 24.1 Å². The van der Waals surface area contributed by atoms with Crippen LogP contribution in [-0.2, 0) is 71.9 Å². The number of hydrogen-bond acceptors (Lipinski definition) is 13. The van der Waals surface area contributed by atoms with Crippen molar-refractivity contribution >= 4 is 35.8 Å². The quantitative estimate of drug-likeness (QED) is 0.143. The van der Waals surface area contributed by atoms with E-state index in [9.17, 15) is 42.3 Å². The fraction of sp³-hybridized carbons (Fsp3) is 0.548. The van der Waals surface area contributed by atoms with Crippen molar-refractivity contribution in [3.05, 3.63) is 76.9 Å². The minimum Gasteiger partial charge on any atom is -0.460 e. The third-order valence-electron chi connectivity index (χ3n) is 11.2. The van der Waals surface area contributed by atoms with E-state index in [1.54, 1.807) is 45.0 Å². The van der Waals surface area contributed by atoms with Gasteiger partial charge in [-0.2, -0.15) is 18.2 Å². The van der Waals surface area contributed by atoms with Crippen LogP contribution in [0, 0.1) is 5.41 Å². The monoisotopic (exact) mass is 843 g/mol. The lowest BCUT2D eigenvalue weighted by Crippen LogP contribution is -2.69. The molecular weight excluding hydrogens is 795 g/mol. The summed E-state index contributed by atoms with van der Waals surface area (Å²) in [5.74, 6) is -4.42. The SMILES string of the molecule is CC(C)(C)OC(=O)CCC(CO)NC(=O)CCNC(=O)C12CC3OC(=O)C1N(Cc1ccc(C=CC(=O)OCC(F)(F)F)cc1)OC2C1OC2(Cc4ccccc4C2)OC31. The fourth-order valence-electron chi connectivity index (χ4n) is 8.69. The molecule has 7 unspecified atom stereocenters. The van der Waals surface area contributed by atoms with Gasteiger partial charge in [0.15, 0.2) is 18.4 Å². The highest BCUT2D eigenvalue weighted by molar-refractivity contribution is 5.94. The predicted molar refractivity (Wildman–Crippen MR) is 202 cm³/mol. The highest BCUT2D eigenvalue weighted by Crippen LogP contribution is 2.58. The molecule has 4 fully saturated rings. The summed E-state index contributed by atoms with van der Waals surface area (Å²) in [5.41, 5.74) is 1.01. The first kappa shape index (κ1) is 43.2. The van der Waals surface area contributed by atoms with Crippen LogP contribution in [0.5, 0.6) is 0 Å². The van der Waals surface area contributed by atoms with E-state index in [1.165, 1.54) is 11.1 Å². The van der Waals surface area contributed by atoms with Gasteiger partial charge in [-0.15, -0.1) is 0 Å². The summed E-state index contributed by atoms with van der Waals surface area (Å²) >= 11 is 0. The summed E-state index contributed by atoms with van der Waals surface area (Å²) in [5, 5.41) is 16.8. The van der Waals surface area contributed by atoms with E-state index >= 15 is 0 Å². The van der Waals surface area contributed by atoms with Gasteiger partial charge in [0, 0.05) is 44.7 Å². The standard InChI is InChI=1S/C42H48F3N3O12/c1-39(2,3)57-32(52)15-13-28(22-49)47-30(50)16-17-46-38(54)41-20-29-33-34(59-40(58-33)18-26-6-4-5-7-27(26)19-40)36(41)60-48(35(41)37(53)56-29)21-25-10-8-24(9-11-25)12-14-31(51)55-23-42(43,44)45/h4-12,14,28-29,33-36,49H,13,15-23H2,1-3H3,(H,46,54)(H,47,50). The van der Waals surface area contributed by atoms with Crippen molar-refractivity contribution in [3.63, 3.8) is 0 Å². The molecule has 0 aromatic heterocycles. The van der Waals surface area contributed by atoms with E-state index in [0.29, 0.717) is 24.0 Å². The Kier molecular flexibility index (Phi) is 12.2. The molecule has 2 bridgehead atoms. The van der Waals surface area contributed by atoms with Crippen LogP contribution in [0.3, 0.4) is 0 Å². The van der Waals surface area contributed by atoms with Gasteiger partial charge in [-0.1, -0.05) is 48.5 Å². The molecule has 18 heteroatoms. The molecule has 7 rings (SSSR count). The maximum Gasteiger partial charge on any atom is 0.422 e. The number of carbonyl (C=O) groups excluding carboxylic acids is 5. The van der Waals surface area contributed by atoms with Gasteiger partial charge in [0.2, 0.25) is 11.8 Å². The molecule has 2 aliphatic carbocycles. The number of aliphatic hydroxyl groups excluding tert-OH is 1. The average molecular weight is 844 g/mol. The van der Waals surface area contributed by atoms with Crippen LogP contribution in [-0.4, -0.2) is 114 Å². The first-order valence-electron chi connectivity index (χ1n) is 19.8. The summed E-state index contributed by atoms with van der Waals surface area (Å²) in [6.45, 7) is 2.96. The van der Waals surface area contributed by atoms with Gasteiger partial charge in [-0.3, -0.25) is 24.0 Å². The average Bonchev–Trinajstić information content (AvgIpc) is 3.85. The minimum atomic E-state index is -4.65. The second kappa shape index (κ2) is 16.9. The number of hydroxylamine groups is 2. The molecule has 3 aliphatic heterocycles. The highest BCUT2D eigenvalue weighted by Gasteiger charge is 2.76. The Morgan fingerprint density at radius 2 is 1.68 bits per heavy atom. The summed E-state index contributed by atoms with van der Waals surface area (Å²) in [4.78, 5) is 72.1. The smallest absolute Gasteiger partial charge is 0.422 e. The van der Waals surface area contributed by atoms with Gasteiger partial charge in [0.1, 0.15) is 35.4 Å². The summed E-state index contributed by atoms with van der Waals surface area (Å²) in [6.07, 6.45) is -5.03. The van der Waals surface area contributed by atoms with Crippen molar-refractivity contribution in [1.82, 2.24) is 15.7 Å². The number of ether oxygens (including phenoxy) is 5. The zero-order chi connectivity index (χ0) is 43.0. The van der Waals surface area contributed by atoms with Gasteiger partial charge in [0.25, 0.3) is 0 Å². The van der Waals surface area contributed by atoms with Gasteiger partial charge in [-0.25, -0.2) is 4.79 Å². The van der Waals surface area contributed by atoms with Gasteiger partial charge < -0.3 is 39.4 Å². The molecule has 2 aromatic rings. The first-order chi connectivity index (χ1) is 28.4. The van der Waals surface area contributed by atoms with E-state index in [1.807, 2.05) is 24.3 Å². The second-order valence-electron chi connectivity index (χ2n) is 16.8. The molecule has 2 aromatic carbocycles. The molecule has 0 radical (unpaired) electrons. The Morgan fingerprint density at radius 3 is 2.33 bits per heavy atom. The van der Waals surface area contributed by atoms with Crippen LogP contribution in [0.15, 0.2) is 54.6 Å². The topological polar surface area (TPSA) is 188 Å². The number of fused-ring (bicyclic) bond motifs is 5. The molecule has 7 atom stereocenters. The second-order valence-corrected chi connectivity index (χ2v) is 16.8. The Morgan fingerprint density at radius 1 is 1.00 bits per heavy atom. The molecule has 1 saturated carbocycles. The van der Waals surface area contributed by atoms with Crippen molar-refractivity contribution in [2.75, 3.05) is 19.8 Å². The molecular formula is C42H48F3N3O12. The number of nitrogens with one attached hydrogen (secondary N) is 2. The van der Waals surface area contributed by atoms with Crippen LogP contribution in [0.4, 0.5) is 13.2 Å². The zero-order valence-electron chi connectivity index (χ0n) is 33.3. The summed E-state index contributed by atoms with van der Waals surface area (Å²) in [6, 6.07) is 12.5. The van der Waals surface area contributed by atoms with E-state index in [2.05, 4.69) is 15.4 Å². The summed E-state index contributed by atoms with van der Waals surface area (Å²) in [7, 11) is 0. The number of esters is 3. The number of alkyl halides is 3. The van der Waals surface area contributed by atoms with Crippen molar-refractivity contribution in [2.24, 2.45) is 5.41 Å². The van der Waals surface area contributed by atoms with Crippen molar-refractivity contribution in [1.29, 1.82) is 0 Å². The number of amides is 2. The summed E-state index contributed by atoms with van der Waals surface area (Å²) < 4.78 is 66.2. The molecule has 3 heterocycles. The molecule has 15 nitrogen and oxygen atoms in total. The van der Waals surface area contributed by atoms with E-state index in [-0.39, 0.29) is 38.8 Å². The molecule has 324 valence electrons. The molecule has 60 heavy (non-hydrogen) atoms. The predicted octanol–water partition coefficient (Wildman–Crippen LogP) is 2.99. The third kappa shape index (κ3) is 9.37. The lowest BCUT2D eigenvalue weighted by molar-refractivity contribution is -0.217. The maximum absolute atomic E-state index is 14.6. The molecule has 2 amide bonds. The van der Waals surface area contributed by atoms with Crippen LogP contribution >= 0.6 is 0 Å². The Balaban J connectivity index is 1.06. The Labute approximate surface area is 343 Å². The number of halogens is 3. The first-order valence-corrected chi connectivity index (χ1v) is 19.8. The van der Waals surface area contributed by atoms with Gasteiger partial charge in [0.05, 0.1) is 19.2 Å². The van der Waals surface area contributed by atoms with E-state index in [4.69, 9.17) is 23.8 Å². The molecule has 3 saturated heterocycles. The number of aliphatic hydroxyl groups is 1.